The van der Waals surface area contributed by atoms with Gasteiger partial charge in [-0.25, -0.2) is 0 Å². The molecule has 1 unspecified atom stereocenters. The van der Waals surface area contributed by atoms with E-state index < -0.39 is 0 Å². The Morgan fingerprint density at radius 1 is 1.24 bits per heavy atom. The molecule has 0 aliphatic carbocycles. The van der Waals surface area contributed by atoms with Crippen LogP contribution in [0.2, 0.25) is 0 Å². The van der Waals surface area contributed by atoms with Crippen LogP contribution in [0.5, 0.6) is 5.75 Å². The lowest BCUT2D eigenvalue weighted by atomic mass is 9.75. The predicted octanol–water partition coefficient (Wildman–Crippen LogP) is 3.10. The predicted molar refractivity (Wildman–Crippen MR) is 71.2 cm³/mol. The van der Waals surface area contributed by atoms with Crippen LogP contribution in [0.1, 0.15) is 38.7 Å². The molecule has 0 amide bonds. The normalized spacial score (nSPS) is 25.1. The van der Waals surface area contributed by atoms with Gasteiger partial charge in [0, 0.05) is 5.54 Å². The summed E-state index contributed by atoms with van der Waals surface area (Å²) >= 11 is 0. The molecule has 1 aliphatic rings. The molecule has 1 fully saturated rings. The zero-order valence-electron chi connectivity index (χ0n) is 10.9. The SMILES string of the molecule is CC(C)C1(Cc2ccc(O)cc2)CCCCN1. The second-order valence-electron chi connectivity index (χ2n) is 5.54. The van der Waals surface area contributed by atoms with Crippen LogP contribution in [0.4, 0.5) is 0 Å². The molecule has 2 nitrogen and oxygen atoms in total. The number of piperidine rings is 1. The molecule has 94 valence electrons. The summed E-state index contributed by atoms with van der Waals surface area (Å²) in [7, 11) is 0. The standard InChI is InChI=1S/C15H23NO/c1-12(2)15(9-3-4-10-16-15)11-13-5-7-14(17)8-6-13/h5-8,12,16-17H,3-4,9-11H2,1-2H3. The van der Waals surface area contributed by atoms with Gasteiger partial charge in [-0.05, 0) is 49.4 Å². The van der Waals surface area contributed by atoms with Crippen LogP contribution in [0.15, 0.2) is 24.3 Å². The summed E-state index contributed by atoms with van der Waals surface area (Å²) in [4.78, 5) is 0. The Balaban J connectivity index is 2.14. The highest BCUT2D eigenvalue weighted by Gasteiger charge is 2.34. The first-order valence-electron chi connectivity index (χ1n) is 6.65. The number of nitrogens with one attached hydrogen (secondary N) is 1. The molecular formula is C15H23NO. The summed E-state index contributed by atoms with van der Waals surface area (Å²) in [5, 5.41) is 13.1. The second kappa shape index (κ2) is 5.09. The summed E-state index contributed by atoms with van der Waals surface area (Å²) < 4.78 is 0. The minimum atomic E-state index is 0.245. The average molecular weight is 233 g/mol. The monoisotopic (exact) mass is 233 g/mol. The van der Waals surface area contributed by atoms with E-state index in [-0.39, 0.29) is 5.54 Å². The van der Waals surface area contributed by atoms with E-state index in [1.807, 2.05) is 12.1 Å². The summed E-state index contributed by atoms with van der Waals surface area (Å²) in [6.45, 7) is 5.74. The van der Waals surface area contributed by atoms with Gasteiger partial charge in [-0.15, -0.1) is 0 Å². The van der Waals surface area contributed by atoms with E-state index in [4.69, 9.17) is 0 Å². The molecule has 0 radical (unpaired) electrons. The Hall–Kier alpha value is -1.02. The van der Waals surface area contributed by atoms with Crippen molar-refractivity contribution < 1.29 is 5.11 Å². The summed E-state index contributed by atoms with van der Waals surface area (Å²) in [5.74, 6) is 0.987. The van der Waals surface area contributed by atoms with Gasteiger partial charge in [0.05, 0.1) is 0 Å². The summed E-state index contributed by atoms with van der Waals surface area (Å²) in [6, 6.07) is 7.64. The second-order valence-corrected chi connectivity index (χ2v) is 5.54. The quantitative estimate of drug-likeness (QED) is 0.841. The van der Waals surface area contributed by atoms with Crippen molar-refractivity contribution in [2.24, 2.45) is 5.92 Å². The van der Waals surface area contributed by atoms with E-state index in [1.165, 1.54) is 24.8 Å². The molecule has 1 heterocycles. The van der Waals surface area contributed by atoms with Crippen molar-refractivity contribution in [3.63, 3.8) is 0 Å². The smallest absolute Gasteiger partial charge is 0.115 e. The molecule has 2 heteroatoms. The average Bonchev–Trinajstić information content (AvgIpc) is 2.33. The number of rotatable bonds is 3. The molecule has 1 aromatic rings. The van der Waals surface area contributed by atoms with E-state index in [2.05, 4.69) is 19.2 Å². The first-order valence-corrected chi connectivity index (χ1v) is 6.65. The molecule has 1 saturated heterocycles. The van der Waals surface area contributed by atoms with E-state index in [1.54, 1.807) is 12.1 Å². The molecule has 17 heavy (non-hydrogen) atoms. The minimum absolute atomic E-state index is 0.245. The maximum atomic E-state index is 9.32. The zero-order chi connectivity index (χ0) is 12.3. The minimum Gasteiger partial charge on any atom is -0.508 e. The van der Waals surface area contributed by atoms with E-state index in [9.17, 15) is 5.11 Å². The molecule has 1 aromatic carbocycles. The van der Waals surface area contributed by atoms with E-state index >= 15 is 0 Å². The summed E-state index contributed by atoms with van der Waals surface area (Å²) in [6.07, 6.45) is 4.93. The van der Waals surface area contributed by atoms with Crippen LogP contribution in [-0.2, 0) is 6.42 Å². The van der Waals surface area contributed by atoms with Gasteiger partial charge in [0.2, 0.25) is 0 Å². The number of aromatic hydroxyl groups is 1. The Kier molecular flexibility index (Phi) is 3.72. The third-order valence-electron chi connectivity index (χ3n) is 4.09. The van der Waals surface area contributed by atoms with Crippen molar-refractivity contribution in [2.75, 3.05) is 6.54 Å². The van der Waals surface area contributed by atoms with Crippen LogP contribution in [0.3, 0.4) is 0 Å². The fraction of sp³-hybridized carbons (Fsp3) is 0.600. The lowest BCUT2D eigenvalue weighted by Gasteiger charge is -2.42. The first kappa shape index (κ1) is 12.4. The Bertz CT molecular complexity index is 350. The summed E-state index contributed by atoms with van der Waals surface area (Å²) in [5.41, 5.74) is 1.56. The van der Waals surface area contributed by atoms with Crippen molar-refractivity contribution >= 4 is 0 Å². The first-order chi connectivity index (χ1) is 8.12. The van der Waals surface area contributed by atoms with Gasteiger partial charge in [-0.3, -0.25) is 0 Å². The van der Waals surface area contributed by atoms with Crippen LogP contribution in [0.25, 0.3) is 0 Å². The fourth-order valence-corrected chi connectivity index (χ4v) is 2.82. The molecule has 0 bridgehead atoms. The Labute approximate surface area is 104 Å². The number of phenols is 1. The van der Waals surface area contributed by atoms with Gasteiger partial charge < -0.3 is 10.4 Å². The van der Waals surface area contributed by atoms with Crippen molar-refractivity contribution in [3.8, 4) is 5.75 Å². The Morgan fingerprint density at radius 2 is 1.94 bits per heavy atom. The molecule has 1 atom stereocenters. The molecular weight excluding hydrogens is 210 g/mol. The van der Waals surface area contributed by atoms with Gasteiger partial charge in [0.15, 0.2) is 0 Å². The highest BCUT2D eigenvalue weighted by molar-refractivity contribution is 5.27. The van der Waals surface area contributed by atoms with E-state index in [0.29, 0.717) is 11.7 Å². The topological polar surface area (TPSA) is 32.3 Å². The van der Waals surface area contributed by atoms with Crippen molar-refractivity contribution in [2.45, 2.75) is 45.1 Å². The van der Waals surface area contributed by atoms with Gasteiger partial charge >= 0.3 is 0 Å². The zero-order valence-corrected chi connectivity index (χ0v) is 10.9. The van der Waals surface area contributed by atoms with Gasteiger partial charge in [0.1, 0.15) is 5.75 Å². The van der Waals surface area contributed by atoms with E-state index in [0.717, 1.165) is 13.0 Å². The van der Waals surface area contributed by atoms with Crippen molar-refractivity contribution in [1.82, 2.24) is 5.32 Å². The van der Waals surface area contributed by atoms with Crippen LogP contribution < -0.4 is 5.32 Å². The van der Waals surface area contributed by atoms with Gasteiger partial charge in [-0.1, -0.05) is 32.4 Å². The number of benzene rings is 1. The lowest BCUT2D eigenvalue weighted by Crippen LogP contribution is -2.54. The highest BCUT2D eigenvalue weighted by Crippen LogP contribution is 2.31. The molecule has 2 rings (SSSR count). The molecule has 1 aliphatic heterocycles. The van der Waals surface area contributed by atoms with Crippen LogP contribution >= 0.6 is 0 Å². The fourth-order valence-electron chi connectivity index (χ4n) is 2.82. The highest BCUT2D eigenvalue weighted by atomic mass is 16.3. The maximum Gasteiger partial charge on any atom is 0.115 e. The van der Waals surface area contributed by atoms with Crippen LogP contribution in [0, 0.1) is 5.92 Å². The number of hydrogen-bond acceptors (Lipinski definition) is 2. The molecule has 2 N–H and O–H groups in total. The van der Waals surface area contributed by atoms with Crippen LogP contribution in [-0.4, -0.2) is 17.2 Å². The molecule has 0 spiro atoms. The molecule has 0 saturated carbocycles. The maximum absolute atomic E-state index is 9.32. The number of phenolic OH excluding ortho intramolecular Hbond substituents is 1. The largest absolute Gasteiger partial charge is 0.508 e. The third-order valence-corrected chi connectivity index (χ3v) is 4.09. The molecule has 0 aromatic heterocycles. The number of hydrogen-bond donors (Lipinski definition) is 2. The van der Waals surface area contributed by atoms with Crippen molar-refractivity contribution in [3.05, 3.63) is 29.8 Å². The Morgan fingerprint density at radius 3 is 2.47 bits per heavy atom. The lowest BCUT2D eigenvalue weighted by molar-refractivity contribution is 0.182. The van der Waals surface area contributed by atoms with Gasteiger partial charge in [0.25, 0.3) is 0 Å². The third kappa shape index (κ3) is 2.81. The van der Waals surface area contributed by atoms with Gasteiger partial charge in [-0.2, -0.15) is 0 Å². The van der Waals surface area contributed by atoms with Crippen molar-refractivity contribution in [1.29, 1.82) is 0 Å².